The average Bonchev–Trinajstić information content (AvgIpc) is 3.26. The summed E-state index contributed by atoms with van der Waals surface area (Å²) in [5.41, 5.74) is 1.57. The first kappa shape index (κ1) is 26.4. The van der Waals surface area contributed by atoms with E-state index in [9.17, 15) is 9.59 Å². The summed E-state index contributed by atoms with van der Waals surface area (Å²) in [5.74, 6) is 0.344. The molecule has 0 unspecified atom stereocenters. The van der Waals surface area contributed by atoms with E-state index in [1.165, 1.54) is 22.2 Å². The molecule has 1 aromatic carbocycles. The number of aromatic nitrogens is 3. The van der Waals surface area contributed by atoms with Crippen LogP contribution < -0.4 is 15.2 Å². The maximum Gasteiger partial charge on any atom is 0.256 e. The molecule has 9 nitrogen and oxygen atoms in total. The summed E-state index contributed by atoms with van der Waals surface area (Å²) >= 11 is 7.73. The molecule has 0 bridgehead atoms. The van der Waals surface area contributed by atoms with Crippen LogP contribution >= 0.6 is 35.3 Å². The fourth-order valence-corrected chi connectivity index (χ4v) is 4.93. The maximum atomic E-state index is 13.4. The van der Waals surface area contributed by atoms with Gasteiger partial charge in [0.2, 0.25) is 5.91 Å². The van der Waals surface area contributed by atoms with E-state index < -0.39 is 0 Å². The molecule has 1 fully saturated rings. The Morgan fingerprint density at radius 3 is 2.74 bits per heavy atom. The number of hydrogen-bond donors (Lipinski definition) is 0. The van der Waals surface area contributed by atoms with Crippen LogP contribution in [0.3, 0.4) is 0 Å². The summed E-state index contributed by atoms with van der Waals surface area (Å²) in [6, 6.07) is 3.51. The second kappa shape index (κ2) is 11.5. The zero-order valence-electron chi connectivity index (χ0n) is 19.2. The van der Waals surface area contributed by atoms with Gasteiger partial charge in [-0.3, -0.25) is 24.0 Å². The Bertz CT molecular complexity index is 1230. The average molecular weight is 528 g/mol. The minimum Gasteiger partial charge on any atom is -0.494 e. The van der Waals surface area contributed by atoms with Gasteiger partial charge in [0.05, 0.1) is 36.4 Å². The molecule has 3 heterocycles. The molecule has 34 heavy (non-hydrogen) atoms. The summed E-state index contributed by atoms with van der Waals surface area (Å²) in [6.07, 6.45) is 1.42. The number of fused-ring (bicyclic) bond motifs is 1. The first-order valence-corrected chi connectivity index (χ1v) is 11.8. The van der Waals surface area contributed by atoms with Gasteiger partial charge in [-0.25, -0.2) is 9.97 Å². The van der Waals surface area contributed by atoms with Crippen LogP contribution in [0.15, 0.2) is 23.3 Å². The smallest absolute Gasteiger partial charge is 0.256 e. The molecular weight excluding hydrogens is 501 g/mol. The van der Waals surface area contributed by atoms with E-state index in [4.69, 9.17) is 26.1 Å². The van der Waals surface area contributed by atoms with Crippen LogP contribution in [-0.4, -0.2) is 71.8 Å². The number of methoxy groups -OCH3 is 1. The summed E-state index contributed by atoms with van der Waals surface area (Å²) in [6.45, 7) is 7.40. The zero-order valence-corrected chi connectivity index (χ0v) is 21.6. The highest BCUT2D eigenvalue weighted by Crippen LogP contribution is 2.38. The van der Waals surface area contributed by atoms with Crippen LogP contribution in [0.25, 0.3) is 10.2 Å². The van der Waals surface area contributed by atoms with Crippen molar-refractivity contribution >= 4 is 56.6 Å². The van der Waals surface area contributed by atoms with Crippen LogP contribution in [0, 0.1) is 13.8 Å². The van der Waals surface area contributed by atoms with Gasteiger partial charge in [0.15, 0.2) is 5.13 Å². The molecule has 12 heteroatoms. The molecule has 0 radical (unpaired) electrons. The van der Waals surface area contributed by atoms with Gasteiger partial charge in [0.25, 0.3) is 5.56 Å². The van der Waals surface area contributed by atoms with E-state index in [0.717, 1.165) is 17.8 Å². The zero-order chi connectivity index (χ0) is 23.5. The van der Waals surface area contributed by atoms with Crippen molar-refractivity contribution < 1.29 is 14.3 Å². The van der Waals surface area contributed by atoms with Crippen molar-refractivity contribution in [3.63, 3.8) is 0 Å². The third-order valence-electron chi connectivity index (χ3n) is 5.76. The third kappa shape index (κ3) is 5.52. The number of carbonyl (C=O) groups excluding carboxylic acids is 1. The molecule has 1 saturated heterocycles. The lowest BCUT2D eigenvalue weighted by molar-refractivity contribution is -0.119. The fourth-order valence-electron chi connectivity index (χ4n) is 3.63. The Morgan fingerprint density at radius 2 is 2.03 bits per heavy atom. The molecule has 2 aromatic heterocycles. The lowest BCUT2D eigenvalue weighted by Crippen LogP contribution is -2.44. The van der Waals surface area contributed by atoms with Crippen LogP contribution in [-0.2, 0) is 16.1 Å². The van der Waals surface area contributed by atoms with Gasteiger partial charge in [-0.1, -0.05) is 22.9 Å². The number of rotatable bonds is 7. The summed E-state index contributed by atoms with van der Waals surface area (Å²) < 4.78 is 12.9. The van der Waals surface area contributed by atoms with E-state index in [-0.39, 0.29) is 30.4 Å². The van der Waals surface area contributed by atoms with E-state index in [2.05, 4.69) is 9.88 Å². The number of halogens is 2. The molecule has 0 saturated carbocycles. The number of ether oxygens (including phenoxy) is 2. The van der Waals surface area contributed by atoms with Gasteiger partial charge in [0, 0.05) is 37.4 Å². The SMILES string of the molecule is COc1ccc(Cl)c2sc(N(CCN3CCOCC3)C(=O)Cn3cnc(C)c(C)c3=O)nc12.Cl. The Kier molecular flexibility index (Phi) is 8.89. The first-order valence-electron chi connectivity index (χ1n) is 10.6. The second-order valence-corrected chi connectivity index (χ2v) is 9.20. The number of morpholine rings is 1. The molecule has 3 aromatic rings. The van der Waals surface area contributed by atoms with Gasteiger partial charge >= 0.3 is 0 Å². The highest BCUT2D eigenvalue weighted by molar-refractivity contribution is 7.23. The van der Waals surface area contributed by atoms with Gasteiger partial charge in [-0.05, 0) is 26.0 Å². The minimum absolute atomic E-state index is 0. The van der Waals surface area contributed by atoms with Gasteiger partial charge < -0.3 is 9.47 Å². The van der Waals surface area contributed by atoms with Crippen molar-refractivity contribution in [2.45, 2.75) is 20.4 Å². The van der Waals surface area contributed by atoms with E-state index in [0.29, 0.717) is 59.0 Å². The predicted octanol–water partition coefficient (Wildman–Crippen LogP) is 2.92. The van der Waals surface area contributed by atoms with Crippen molar-refractivity contribution in [1.29, 1.82) is 0 Å². The molecule has 1 aliphatic rings. The Morgan fingerprint density at radius 1 is 1.29 bits per heavy atom. The van der Waals surface area contributed by atoms with Crippen LogP contribution in [0.1, 0.15) is 11.3 Å². The molecule has 1 amide bonds. The van der Waals surface area contributed by atoms with Crippen molar-refractivity contribution in [3.8, 4) is 5.75 Å². The number of anilines is 1. The number of benzene rings is 1. The highest BCUT2D eigenvalue weighted by atomic mass is 35.5. The van der Waals surface area contributed by atoms with Gasteiger partial charge in [0.1, 0.15) is 17.8 Å². The van der Waals surface area contributed by atoms with Crippen LogP contribution in [0.5, 0.6) is 5.75 Å². The Hall–Kier alpha value is -2.24. The number of carbonyl (C=O) groups is 1. The third-order valence-corrected chi connectivity index (χ3v) is 7.30. The van der Waals surface area contributed by atoms with Crippen molar-refractivity contribution in [2.24, 2.45) is 0 Å². The lowest BCUT2D eigenvalue weighted by atomic mass is 10.3. The standard InChI is InChI=1S/C22H26ClN5O4S.ClH/c1-14-15(2)24-13-27(21(14)30)12-18(29)28(7-6-26-8-10-32-11-9-26)22-25-19-17(31-3)5-4-16(23)20(19)33-22;/h4-5,13H,6-12H2,1-3H3;1H. The molecular formula is C22H27Cl2N5O4S. The van der Waals surface area contributed by atoms with Crippen LogP contribution in [0.2, 0.25) is 5.02 Å². The largest absolute Gasteiger partial charge is 0.494 e. The molecule has 0 aliphatic carbocycles. The number of aryl methyl sites for hydroxylation is 1. The minimum atomic E-state index is -0.246. The number of amides is 1. The quantitative estimate of drug-likeness (QED) is 0.466. The van der Waals surface area contributed by atoms with Crippen molar-refractivity contribution in [2.75, 3.05) is 51.4 Å². The Balaban J connectivity index is 0.00000324. The van der Waals surface area contributed by atoms with Gasteiger partial charge in [-0.15, -0.1) is 12.4 Å². The number of thiazole rings is 1. The lowest BCUT2D eigenvalue weighted by Gasteiger charge is -2.29. The predicted molar refractivity (Wildman–Crippen MR) is 136 cm³/mol. The summed E-state index contributed by atoms with van der Waals surface area (Å²) in [7, 11) is 1.57. The molecule has 4 rings (SSSR count). The molecule has 0 atom stereocenters. The monoisotopic (exact) mass is 527 g/mol. The van der Waals surface area contributed by atoms with Gasteiger partial charge in [-0.2, -0.15) is 0 Å². The normalized spacial score (nSPS) is 14.1. The van der Waals surface area contributed by atoms with E-state index in [1.807, 2.05) is 0 Å². The van der Waals surface area contributed by atoms with Crippen LogP contribution in [0.4, 0.5) is 5.13 Å². The Labute approximate surface area is 212 Å². The fraction of sp³-hybridized carbons (Fsp3) is 0.455. The highest BCUT2D eigenvalue weighted by Gasteiger charge is 2.24. The summed E-state index contributed by atoms with van der Waals surface area (Å²) in [4.78, 5) is 38.9. The van der Waals surface area contributed by atoms with Crippen molar-refractivity contribution in [1.82, 2.24) is 19.4 Å². The van der Waals surface area contributed by atoms with E-state index in [1.54, 1.807) is 38.0 Å². The molecule has 1 aliphatic heterocycles. The number of hydrogen-bond acceptors (Lipinski definition) is 8. The molecule has 0 N–H and O–H groups in total. The van der Waals surface area contributed by atoms with E-state index >= 15 is 0 Å². The second-order valence-electron chi connectivity index (χ2n) is 7.81. The molecule has 184 valence electrons. The number of nitrogens with zero attached hydrogens (tertiary/aromatic N) is 5. The first-order chi connectivity index (χ1) is 15.9. The topological polar surface area (TPSA) is 89.8 Å². The van der Waals surface area contributed by atoms with Crippen molar-refractivity contribution in [3.05, 3.63) is 45.1 Å². The summed E-state index contributed by atoms with van der Waals surface area (Å²) in [5, 5.41) is 1.06. The maximum absolute atomic E-state index is 13.4. The molecule has 0 spiro atoms.